The first-order chi connectivity index (χ1) is 15.3. The van der Waals surface area contributed by atoms with E-state index in [9.17, 15) is 14.7 Å². The second kappa shape index (κ2) is 10.6. The van der Waals surface area contributed by atoms with E-state index >= 15 is 0 Å². The van der Waals surface area contributed by atoms with Gasteiger partial charge in [-0.25, -0.2) is 4.98 Å². The predicted molar refractivity (Wildman–Crippen MR) is 125 cm³/mol. The van der Waals surface area contributed by atoms with Gasteiger partial charge in [0.2, 0.25) is 6.41 Å². The van der Waals surface area contributed by atoms with Gasteiger partial charge in [0.25, 0.3) is 5.91 Å². The van der Waals surface area contributed by atoms with Crippen molar-refractivity contribution < 1.29 is 14.7 Å². The first-order valence-corrected chi connectivity index (χ1v) is 10.9. The number of allylic oxidation sites excluding steroid dienone is 4. The van der Waals surface area contributed by atoms with Crippen LogP contribution >= 0.6 is 11.6 Å². The van der Waals surface area contributed by atoms with Gasteiger partial charge in [-0.05, 0) is 30.9 Å². The second-order valence-electron chi connectivity index (χ2n) is 7.91. The van der Waals surface area contributed by atoms with E-state index in [-0.39, 0.29) is 24.9 Å². The molecule has 0 saturated heterocycles. The lowest BCUT2D eigenvalue weighted by molar-refractivity contribution is -0.107. The first kappa shape index (κ1) is 23.7. The van der Waals surface area contributed by atoms with E-state index in [1.54, 1.807) is 37.0 Å². The Bertz CT molecular complexity index is 1030. The number of aliphatic hydroxyl groups excluding tert-OH is 1. The molecule has 0 aliphatic heterocycles. The average molecular weight is 458 g/mol. The van der Waals surface area contributed by atoms with Gasteiger partial charge < -0.3 is 19.5 Å². The lowest BCUT2D eigenvalue weighted by Crippen LogP contribution is -2.32. The summed E-state index contributed by atoms with van der Waals surface area (Å²) in [5, 5.41) is 9.69. The van der Waals surface area contributed by atoms with Gasteiger partial charge in [0, 0.05) is 39.0 Å². The highest BCUT2D eigenvalue weighted by Crippen LogP contribution is 2.30. The topological polar surface area (TPSA) is 91.6 Å². The molecule has 0 radical (unpaired) electrons. The smallest absolute Gasteiger partial charge is 0.274 e. The molecule has 2 aromatic heterocycles. The van der Waals surface area contributed by atoms with Gasteiger partial charge in [0.15, 0.2) is 11.5 Å². The third-order valence-corrected chi connectivity index (χ3v) is 5.55. The summed E-state index contributed by atoms with van der Waals surface area (Å²) in [6.45, 7) is 2.76. The van der Waals surface area contributed by atoms with Gasteiger partial charge in [0.05, 0.1) is 17.3 Å². The molecule has 3 rings (SSSR count). The number of hydrogen-bond acceptors (Lipinski definition) is 5. The van der Waals surface area contributed by atoms with E-state index in [1.807, 2.05) is 6.08 Å². The van der Waals surface area contributed by atoms with Gasteiger partial charge in [-0.15, -0.1) is 0 Å². The zero-order valence-corrected chi connectivity index (χ0v) is 19.3. The van der Waals surface area contributed by atoms with Crippen LogP contribution in [-0.2, 0) is 11.3 Å². The maximum absolute atomic E-state index is 13.5. The summed E-state index contributed by atoms with van der Waals surface area (Å²) in [4.78, 5) is 37.0. The van der Waals surface area contributed by atoms with Crippen molar-refractivity contribution in [3.05, 3.63) is 58.8 Å². The third-order valence-electron chi connectivity index (χ3n) is 5.32. The Morgan fingerprint density at radius 3 is 2.75 bits per heavy atom. The Balaban J connectivity index is 2.16. The van der Waals surface area contributed by atoms with Crippen molar-refractivity contribution >= 4 is 35.3 Å². The van der Waals surface area contributed by atoms with Crippen molar-refractivity contribution in [1.29, 1.82) is 0 Å². The summed E-state index contributed by atoms with van der Waals surface area (Å²) in [5.41, 5.74) is 1.88. The van der Waals surface area contributed by atoms with Crippen molar-refractivity contribution in [1.82, 2.24) is 19.4 Å². The number of nitrogens with zero attached hydrogens (tertiary/aromatic N) is 5. The highest BCUT2D eigenvalue weighted by molar-refractivity contribution is 6.30. The SMILES string of the molecule is CC1C=CC(c2nc(N(C)C=O)c(C(=O)N(C)CCCO)n2Cc2ccc(Cl)cn2)=CC1. The van der Waals surface area contributed by atoms with E-state index in [0.29, 0.717) is 47.5 Å². The van der Waals surface area contributed by atoms with Crippen LogP contribution in [0, 0.1) is 5.92 Å². The fraction of sp³-hybridized carbons (Fsp3) is 0.391. The molecule has 2 amide bonds. The number of anilines is 1. The van der Waals surface area contributed by atoms with Crippen molar-refractivity contribution in [2.45, 2.75) is 26.3 Å². The molecule has 1 aliphatic rings. The normalized spacial score (nSPS) is 15.4. The minimum absolute atomic E-state index is 0.0201. The van der Waals surface area contributed by atoms with Crippen LogP contribution in [0.5, 0.6) is 0 Å². The van der Waals surface area contributed by atoms with E-state index in [4.69, 9.17) is 16.6 Å². The molecular weight excluding hydrogens is 430 g/mol. The zero-order chi connectivity index (χ0) is 23.3. The molecule has 2 heterocycles. The summed E-state index contributed by atoms with van der Waals surface area (Å²) in [7, 11) is 3.24. The number of aliphatic hydroxyl groups is 1. The standard InChI is InChI=1S/C23H28ClN5O3/c1-16-5-7-17(8-6-16)21-26-22(28(3)15-31)20(23(32)27(2)11-4-12-30)29(21)14-19-10-9-18(24)13-25-19/h5,7-10,13,15-16,30H,4,6,11-12,14H2,1-3H3. The van der Waals surface area contributed by atoms with Crippen LogP contribution in [-0.4, -0.2) is 64.1 Å². The summed E-state index contributed by atoms with van der Waals surface area (Å²) >= 11 is 5.99. The summed E-state index contributed by atoms with van der Waals surface area (Å²) in [6.07, 6.45) is 9.69. The lowest BCUT2D eigenvalue weighted by atomic mass is 9.98. The molecule has 2 aromatic rings. The summed E-state index contributed by atoms with van der Waals surface area (Å²) in [5.74, 6) is 0.997. The van der Waals surface area contributed by atoms with Crippen LogP contribution in [0.2, 0.25) is 5.02 Å². The number of aromatic nitrogens is 3. The number of imidazole rings is 1. The van der Waals surface area contributed by atoms with Crippen LogP contribution in [0.1, 0.15) is 41.8 Å². The summed E-state index contributed by atoms with van der Waals surface area (Å²) < 4.78 is 1.80. The Morgan fingerprint density at radius 2 is 2.16 bits per heavy atom. The molecule has 1 atom stereocenters. The fourth-order valence-electron chi connectivity index (χ4n) is 3.47. The molecule has 170 valence electrons. The molecule has 0 aromatic carbocycles. The quantitative estimate of drug-likeness (QED) is 0.584. The first-order valence-electron chi connectivity index (χ1n) is 10.5. The van der Waals surface area contributed by atoms with Crippen molar-refractivity contribution in [3.8, 4) is 0 Å². The molecule has 9 heteroatoms. The van der Waals surface area contributed by atoms with E-state index in [2.05, 4.69) is 24.1 Å². The van der Waals surface area contributed by atoms with Crippen LogP contribution in [0.4, 0.5) is 5.82 Å². The summed E-state index contributed by atoms with van der Waals surface area (Å²) in [6, 6.07) is 3.54. The number of carbonyl (C=O) groups excluding carboxylic acids is 2. The highest BCUT2D eigenvalue weighted by Gasteiger charge is 2.29. The predicted octanol–water partition coefficient (Wildman–Crippen LogP) is 3.01. The van der Waals surface area contributed by atoms with E-state index in [0.717, 1.165) is 12.0 Å². The number of amides is 2. The molecule has 32 heavy (non-hydrogen) atoms. The van der Waals surface area contributed by atoms with Crippen molar-refractivity contribution in [3.63, 3.8) is 0 Å². The third kappa shape index (κ3) is 5.26. The van der Waals surface area contributed by atoms with Gasteiger partial charge in [0.1, 0.15) is 5.82 Å². The Labute approximate surface area is 192 Å². The second-order valence-corrected chi connectivity index (χ2v) is 8.35. The highest BCUT2D eigenvalue weighted by atomic mass is 35.5. The maximum Gasteiger partial charge on any atom is 0.274 e. The number of carbonyl (C=O) groups is 2. The molecule has 1 unspecified atom stereocenters. The zero-order valence-electron chi connectivity index (χ0n) is 18.5. The molecular formula is C23H28ClN5O3. The molecule has 1 aliphatic carbocycles. The van der Waals surface area contributed by atoms with Gasteiger partial charge in [-0.2, -0.15) is 0 Å². The molecule has 8 nitrogen and oxygen atoms in total. The Morgan fingerprint density at radius 1 is 1.38 bits per heavy atom. The minimum atomic E-state index is -0.288. The Hall–Kier alpha value is -2.97. The van der Waals surface area contributed by atoms with Gasteiger partial charge in [-0.1, -0.05) is 36.8 Å². The monoisotopic (exact) mass is 457 g/mol. The van der Waals surface area contributed by atoms with E-state index < -0.39 is 0 Å². The fourth-order valence-corrected chi connectivity index (χ4v) is 3.58. The van der Waals surface area contributed by atoms with Crippen LogP contribution < -0.4 is 4.90 Å². The van der Waals surface area contributed by atoms with Gasteiger partial charge >= 0.3 is 0 Å². The average Bonchev–Trinajstić information content (AvgIpc) is 3.17. The van der Waals surface area contributed by atoms with Crippen LogP contribution in [0.3, 0.4) is 0 Å². The molecule has 1 N–H and O–H groups in total. The van der Waals surface area contributed by atoms with Crippen molar-refractivity contribution in [2.75, 3.05) is 32.1 Å². The molecule has 0 saturated carbocycles. The number of pyridine rings is 1. The van der Waals surface area contributed by atoms with Crippen LogP contribution in [0.25, 0.3) is 5.57 Å². The molecule has 0 bridgehead atoms. The van der Waals surface area contributed by atoms with E-state index in [1.165, 1.54) is 9.80 Å². The largest absolute Gasteiger partial charge is 0.396 e. The number of rotatable bonds is 9. The molecule has 0 fully saturated rings. The van der Waals surface area contributed by atoms with Crippen LogP contribution in [0.15, 0.2) is 36.6 Å². The van der Waals surface area contributed by atoms with Crippen molar-refractivity contribution in [2.24, 2.45) is 5.92 Å². The maximum atomic E-state index is 13.5. The Kier molecular flexibility index (Phi) is 7.82. The minimum Gasteiger partial charge on any atom is -0.396 e. The number of hydrogen-bond donors (Lipinski definition) is 1. The molecule has 0 spiro atoms. The van der Waals surface area contributed by atoms with Gasteiger partial charge in [-0.3, -0.25) is 14.6 Å². The number of halogens is 1. The lowest BCUT2D eigenvalue weighted by Gasteiger charge is -2.20.